The zero-order valence-corrected chi connectivity index (χ0v) is 13.9. The molecule has 0 atom stereocenters. The predicted molar refractivity (Wildman–Crippen MR) is 93.0 cm³/mol. The number of nitrogens with zero attached hydrogens (tertiary/aromatic N) is 1. The molecule has 2 aromatic rings. The molecule has 0 aromatic heterocycles. The molecule has 0 heterocycles. The summed E-state index contributed by atoms with van der Waals surface area (Å²) in [6.45, 7) is 3.18. The van der Waals surface area contributed by atoms with Gasteiger partial charge < -0.3 is 10.1 Å². The Morgan fingerprint density at radius 3 is 2.40 bits per heavy atom. The Hall–Kier alpha value is -3.22. The van der Waals surface area contributed by atoms with Gasteiger partial charge in [-0.1, -0.05) is 6.92 Å². The molecule has 1 amide bonds. The molecule has 0 saturated heterocycles. The van der Waals surface area contributed by atoms with E-state index in [4.69, 9.17) is 4.74 Å². The molecule has 0 unspecified atom stereocenters. The Bertz CT molecular complexity index is 800. The number of nitrogens with one attached hydrogen (secondary N) is 1. The van der Waals surface area contributed by atoms with Crippen molar-refractivity contribution in [3.63, 3.8) is 0 Å². The molecule has 1 N–H and O–H groups in total. The normalized spacial score (nSPS) is 10.2. The minimum absolute atomic E-state index is 0.00314. The number of ether oxygens (including phenoxy) is 1. The van der Waals surface area contributed by atoms with Crippen molar-refractivity contribution >= 4 is 23.1 Å². The third kappa shape index (κ3) is 4.87. The summed E-state index contributed by atoms with van der Waals surface area (Å²) in [5, 5.41) is 13.5. The molecule has 0 bridgehead atoms. The maximum atomic E-state index is 12.1. The molecule has 0 fully saturated rings. The monoisotopic (exact) mass is 342 g/mol. The van der Waals surface area contributed by atoms with Crippen LogP contribution in [0, 0.1) is 17.0 Å². The first-order valence-corrected chi connectivity index (χ1v) is 7.71. The van der Waals surface area contributed by atoms with E-state index in [1.807, 2.05) is 0 Å². The average molecular weight is 342 g/mol. The molecule has 0 aliphatic rings. The van der Waals surface area contributed by atoms with Crippen molar-refractivity contribution in [3.05, 3.63) is 63.7 Å². The maximum absolute atomic E-state index is 12.1. The second-order valence-corrected chi connectivity index (χ2v) is 5.40. The number of rotatable bonds is 7. The van der Waals surface area contributed by atoms with Gasteiger partial charge >= 0.3 is 0 Å². The molecule has 2 aromatic carbocycles. The van der Waals surface area contributed by atoms with E-state index in [0.29, 0.717) is 29.0 Å². The third-order valence-electron chi connectivity index (χ3n) is 3.55. The van der Waals surface area contributed by atoms with Gasteiger partial charge in [0.05, 0.1) is 4.92 Å². The maximum Gasteiger partial charge on any atom is 0.272 e. The van der Waals surface area contributed by atoms with Gasteiger partial charge in [-0.15, -0.1) is 0 Å². The summed E-state index contributed by atoms with van der Waals surface area (Å²) in [6, 6.07) is 10.8. The average Bonchev–Trinajstić information content (AvgIpc) is 2.60. The largest absolute Gasteiger partial charge is 0.485 e. The first kappa shape index (κ1) is 18.1. The lowest BCUT2D eigenvalue weighted by molar-refractivity contribution is -0.385. The van der Waals surface area contributed by atoms with E-state index in [2.05, 4.69) is 5.32 Å². The van der Waals surface area contributed by atoms with Gasteiger partial charge in [-0.2, -0.15) is 0 Å². The van der Waals surface area contributed by atoms with Gasteiger partial charge in [-0.05, 0) is 43.3 Å². The number of Topliss-reactive ketones (excluding diaryl/α,β-unsaturated/α-hetero) is 1. The fourth-order valence-electron chi connectivity index (χ4n) is 2.14. The molecule has 7 heteroatoms. The van der Waals surface area contributed by atoms with E-state index >= 15 is 0 Å². The molecule has 2 rings (SSSR count). The van der Waals surface area contributed by atoms with Crippen molar-refractivity contribution in [2.75, 3.05) is 11.9 Å². The van der Waals surface area contributed by atoms with E-state index in [1.165, 1.54) is 18.2 Å². The molecule has 0 saturated carbocycles. The van der Waals surface area contributed by atoms with Crippen LogP contribution in [-0.2, 0) is 4.79 Å². The fraction of sp³-hybridized carbons (Fsp3) is 0.222. The smallest absolute Gasteiger partial charge is 0.272 e. The summed E-state index contributed by atoms with van der Waals surface area (Å²) in [5.74, 6) is 0.0589. The van der Waals surface area contributed by atoms with Crippen LogP contribution in [0.4, 0.5) is 11.4 Å². The van der Waals surface area contributed by atoms with E-state index in [9.17, 15) is 19.7 Å². The van der Waals surface area contributed by atoms with Crippen LogP contribution in [0.1, 0.15) is 29.3 Å². The highest BCUT2D eigenvalue weighted by Crippen LogP contribution is 2.23. The van der Waals surface area contributed by atoms with E-state index < -0.39 is 4.92 Å². The standard InChI is InChI=1S/C18H18N2O5/c1-3-18(22)19-14-6-4-13(5-7-14)17(21)11-25-15-8-9-16(20(23)24)12(2)10-15/h4-10H,3,11H2,1-2H3,(H,19,22). The molecule has 0 radical (unpaired) electrons. The fourth-order valence-corrected chi connectivity index (χ4v) is 2.14. The summed E-state index contributed by atoms with van der Waals surface area (Å²) in [5.41, 5.74) is 1.54. The molecule has 0 aliphatic heterocycles. The van der Waals surface area contributed by atoms with Crippen molar-refractivity contribution in [2.24, 2.45) is 0 Å². The first-order valence-electron chi connectivity index (χ1n) is 7.71. The molecule has 0 spiro atoms. The van der Waals surface area contributed by atoms with Crippen LogP contribution in [0.15, 0.2) is 42.5 Å². The number of hydrogen-bond acceptors (Lipinski definition) is 5. The number of carbonyl (C=O) groups excluding carboxylic acids is 2. The summed E-state index contributed by atoms with van der Waals surface area (Å²) < 4.78 is 5.41. The lowest BCUT2D eigenvalue weighted by Gasteiger charge is -2.08. The molecule has 130 valence electrons. The highest BCUT2D eigenvalue weighted by atomic mass is 16.6. The van der Waals surface area contributed by atoms with Crippen molar-refractivity contribution in [2.45, 2.75) is 20.3 Å². The Labute approximate surface area is 144 Å². The lowest BCUT2D eigenvalue weighted by Crippen LogP contribution is -2.12. The second-order valence-electron chi connectivity index (χ2n) is 5.40. The minimum Gasteiger partial charge on any atom is -0.485 e. The van der Waals surface area contributed by atoms with Gasteiger partial charge in [-0.25, -0.2) is 0 Å². The minimum atomic E-state index is -0.469. The Morgan fingerprint density at radius 1 is 1.16 bits per heavy atom. The van der Waals surface area contributed by atoms with Crippen molar-refractivity contribution in [1.82, 2.24) is 0 Å². The Kier molecular flexibility index (Phi) is 5.84. The second kappa shape index (κ2) is 8.05. The van der Waals surface area contributed by atoms with Crippen LogP contribution in [-0.4, -0.2) is 23.2 Å². The van der Waals surface area contributed by atoms with Gasteiger partial charge in [0.25, 0.3) is 5.69 Å². The zero-order valence-electron chi connectivity index (χ0n) is 13.9. The predicted octanol–water partition coefficient (Wildman–Crippen LogP) is 3.51. The van der Waals surface area contributed by atoms with E-state index in [0.717, 1.165) is 0 Å². The molecule has 7 nitrogen and oxygen atoms in total. The third-order valence-corrected chi connectivity index (χ3v) is 3.55. The van der Waals surface area contributed by atoms with Gasteiger partial charge in [0.15, 0.2) is 12.4 Å². The quantitative estimate of drug-likeness (QED) is 0.471. The highest BCUT2D eigenvalue weighted by molar-refractivity contribution is 5.98. The number of hydrogen-bond donors (Lipinski definition) is 1. The number of amides is 1. The number of nitro benzene ring substituents is 1. The Morgan fingerprint density at radius 2 is 1.84 bits per heavy atom. The van der Waals surface area contributed by atoms with E-state index in [-0.39, 0.29) is 24.0 Å². The molecular formula is C18H18N2O5. The van der Waals surface area contributed by atoms with E-state index in [1.54, 1.807) is 38.1 Å². The number of benzene rings is 2. The highest BCUT2D eigenvalue weighted by Gasteiger charge is 2.12. The number of ketones is 1. The van der Waals surface area contributed by atoms with Crippen LogP contribution in [0.3, 0.4) is 0 Å². The van der Waals surface area contributed by atoms with Crippen LogP contribution < -0.4 is 10.1 Å². The Balaban J connectivity index is 1.97. The summed E-state index contributed by atoms with van der Waals surface area (Å²) in [7, 11) is 0. The number of aryl methyl sites for hydroxylation is 1. The van der Waals surface area contributed by atoms with Crippen molar-refractivity contribution in [1.29, 1.82) is 0 Å². The number of nitro groups is 1. The topological polar surface area (TPSA) is 98.5 Å². The van der Waals surface area contributed by atoms with Gasteiger partial charge in [0.1, 0.15) is 5.75 Å². The van der Waals surface area contributed by atoms with Crippen molar-refractivity contribution < 1.29 is 19.2 Å². The van der Waals surface area contributed by atoms with Crippen LogP contribution in [0.5, 0.6) is 5.75 Å². The zero-order chi connectivity index (χ0) is 18.4. The SMILES string of the molecule is CCC(=O)Nc1ccc(C(=O)COc2ccc([N+](=O)[O-])c(C)c2)cc1. The van der Waals surface area contributed by atoms with Crippen LogP contribution >= 0.6 is 0 Å². The summed E-state index contributed by atoms with van der Waals surface area (Å²) in [6.07, 6.45) is 0.378. The summed E-state index contributed by atoms with van der Waals surface area (Å²) in [4.78, 5) is 33.8. The number of carbonyl (C=O) groups is 2. The van der Waals surface area contributed by atoms with Gasteiger partial charge in [0, 0.05) is 29.3 Å². The van der Waals surface area contributed by atoms with Crippen LogP contribution in [0.2, 0.25) is 0 Å². The lowest BCUT2D eigenvalue weighted by atomic mass is 10.1. The number of anilines is 1. The van der Waals surface area contributed by atoms with Crippen molar-refractivity contribution in [3.8, 4) is 5.75 Å². The van der Waals surface area contributed by atoms with Crippen LogP contribution in [0.25, 0.3) is 0 Å². The van der Waals surface area contributed by atoms with Gasteiger partial charge in [-0.3, -0.25) is 19.7 Å². The first-order chi connectivity index (χ1) is 11.9. The molecule has 25 heavy (non-hydrogen) atoms. The van der Waals surface area contributed by atoms with Gasteiger partial charge in [0.2, 0.25) is 5.91 Å². The molecular weight excluding hydrogens is 324 g/mol. The summed E-state index contributed by atoms with van der Waals surface area (Å²) >= 11 is 0. The molecule has 0 aliphatic carbocycles.